The van der Waals surface area contributed by atoms with Gasteiger partial charge in [-0.2, -0.15) is 0 Å². The van der Waals surface area contributed by atoms with Gasteiger partial charge >= 0.3 is 12.1 Å². The zero-order valence-corrected chi connectivity index (χ0v) is 26.3. The Bertz CT molecular complexity index is 1410. The molecule has 0 unspecified atom stereocenters. The van der Waals surface area contributed by atoms with Gasteiger partial charge in [0, 0.05) is 50.9 Å². The number of carbonyl (C=O) groups excluding carboxylic acids is 3. The molecule has 2 heterocycles. The summed E-state index contributed by atoms with van der Waals surface area (Å²) < 4.78 is 10.7. The standard InChI is InChI=1S/C36H44N4O5/c1-38(34(41)29-14-12-27(13-15-29)26-40-20-16-30(17-21-40)35(42)44-2)24-25-39-22-18-31(19-23-39)45-36(43)37-33-11-7-6-10-32(33)28-8-4-3-5-9-28/h3-15,30-31H,16-26H2,1-2H3,(H,37,43). The summed E-state index contributed by atoms with van der Waals surface area (Å²) in [5.74, 6) is -0.102. The number of carbonyl (C=O) groups is 3. The lowest BCUT2D eigenvalue weighted by molar-refractivity contribution is -0.147. The highest BCUT2D eigenvalue weighted by atomic mass is 16.6. The third-order valence-corrected chi connectivity index (χ3v) is 8.88. The number of likely N-dealkylation sites (N-methyl/N-ethyl adjacent to an activating group) is 1. The lowest BCUT2D eigenvalue weighted by Gasteiger charge is -2.32. The molecule has 9 heteroatoms. The summed E-state index contributed by atoms with van der Waals surface area (Å²) in [4.78, 5) is 44.0. The van der Waals surface area contributed by atoms with Crippen LogP contribution in [0.4, 0.5) is 10.5 Å². The monoisotopic (exact) mass is 612 g/mol. The van der Waals surface area contributed by atoms with Crippen molar-refractivity contribution in [2.24, 2.45) is 5.92 Å². The summed E-state index contributed by atoms with van der Waals surface area (Å²) in [6.45, 7) is 5.55. The molecule has 0 bridgehead atoms. The molecular weight excluding hydrogens is 568 g/mol. The Hall–Kier alpha value is -4.21. The van der Waals surface area contributed by atoms with Crippen molar-refractivity contribution in [1.82, 2.24) is 14.7 Å². The van der Waals surface area contributed by atoms with Crippen molar-refractivity contribution in [3.05, 3.63) is 90.0 Å². The number of hydrogen-bond acceptors (Lipinski definition) is 7. The normalized spacial score (nSPS) is 16.6. The maximum atomic E-state index is 13.1. The van der Waals surface area contributed by atoms with E-state index >= 15 is 0 Å². The molecule has 2 aliphatic heterocycles. The van der Waals surface area contributed by atoms with Crippen LogP contribution in [0.1, 0.15) is 41.6 Å². The minimum Gasteiger partial charge on any atom is -0.469 e. The molecule has 2 aliphatic rings. The van der Waals surface area contributed by atoms with Crippen molar-refractivity contribution in [2.75, 3.05) is 58.7 Å². The van der Waals surface area contributed by atoms with Gasteiger partial charge in [0.2, 0.25) is 0 Å². The van der Waals surface area contributed by atoms with E-state index in [1.807, 2.05) is 85.9 Å². The first-order valence-electron chi connectivity index (χ1n) is 15.9. The molecule has 5 rings (SSSR count). The first kappa shape index (κ1) is 32.2. The van der Waals surface area contributed by atoms with Gasteiger partial charge in [-0.25, -0.2) is 4.79 Å². The van der Waals surface area contributed by atoms with Gasteiger partial charge < -0.3 is 19.3 Å². The van der Waals surface area contributed by atoms with Gasteiger partial charge in [0.05, 0.1) is 18.7 Å². The van der Waals surface area contributed by atoms with Crippen LogP contribution in [0.5, 0.6) is 0 Å². The molecule has 0 saturated carbocycles. The third kappa shape index (κ3) is 8.93. The van der Waals surface area contributed by atoms with E-state index in [0.717, 1.165) is 87.3 Å². The maximum absolute atomic E-state index is 13.1. The van der Waals surface area contributed by atoms with Crippen molar-refractivity contribution < 1.29 is 23.9 Å². The first-order chi connectivity index (χ1) is 21.9. The zero-order chi connectivity index (χ0) is 31.6. The summed E-state index contributed by atoms with van der Waals surface area (Å²) in [6, 6.07) is 25.5. The molecule has 0 aromatic heterocycles. The number of likely N-dealkylation sites (tertiary alicyclic amines) is 2. The van der Waals surface area contributed by atoms with Gasteiger partial charge in [-0.1, -0.05) is 60.7 Å². The van der Waals surface area contributed by atoms with Crippen molar-refractivity contribution in [3.63, 3.8) is 0 Å². The van der Waals surface area contributed by atoms with Crippen LogP contribution in [-0.2, 0) is 20.8 Å². The Morgan fingerprint density at radius 2 is 1.47 bits per heavy atom. The van der Waals surface area contributed by atoms with Gasteiger partial charge in [0.25, 0.3) is 5.91 Å². The Morgan fingerprint density at radius 3 is 2.16 bits per heavy atom. The number of piperidine rings is 2. The topological polar surface area (TPSA) is 91.4 Å². The molecule has 45 heavy (non-hydrogen) atoms. The SMILES string of the molecule is COC(=O)C1CCN(Cc2ccc(C(=O)N(C)CCN3CCC(OC(=O)Nc4ccccc4-c4ccccc4)CC3)cc2)CC1. The number of rotatable bonds is 10. The summed E-state index contributed by atoms with van der Waals surface area (Å²) in [6.07, 6.45) is 2.58. The van der Waals surface area contributed by atoms with Gasteiger partial charge in [-0.3, -0.25) is 19.8 Å². The molecule has 3 aromatic carbocycles. The Labute approximate surface area is 266 Å². The van der Waals surface area contributed by atoms with E-state index in [0.29, 0.717) is 12.1 Å². The molecular formula is C36H44N4O5. The van der Waals surface area contributed by atoms with Crippen LogP contribution in [-0.4, -0.2) is 92.2 Å². The number of benzene rings is 3. The number of para-hydroxylation sites is 1. The molecule has 2 amide bonds. The summed E-state index contributed by atoms with van der Waals surface area (Å²) >= 11 is 0. The summed E-state index contributed by atoms with van der Waals surface area (Å²) in [7, 11) is 3.29. The number of methoxy groups -OCH3 is 1. The van der Waals surface area contributed by atoms with E-state index in [1.165, 1.54) is 7.11 Å². The molecule has 238 valence electrons. The van der Waals surface area contributed by atoms with E-state index in [9.17, 15) is 14.4 Å². The highest BCUT2D eigenvalue weighted by Gasteiger charge is 2.26. The van der Waals surface area contributed by atoms with Crippen LogP contribution >= 0.6 is 0 Å². The highest BCUT2D eigenvalue weighted by molar-refractivity contribution is 5.94. The fourth-order valence-corrected chi connectivity index (χ4v) is 6.12. The van der Waals surface area contributed by atoms with Crippen LogP contribution in [0.15, 0.2) is 78.9 Å². The van der Waals surface area contributed by atoms with Crippen molar-refractivity contribution in [2.45, 2.75) is 38.3 Å². The molecule has 0 atom stereocenters. The van der Waals surface area contributed by atoms with Gasteiger partial charge in [-0.15, -0.1) is 0 Å². The third-order valence-electron chi connectivity index (χ3n) is 8.88. The molecule has 2 saturated heterocycles. The van der Waals surface area contributed by atoms with Crippen LogP contribution in [0, 0.1) is 5.92 Å². The Kier molecular flexibility index (Phi) is 11.2. The van der Waals surface area contributed by atoms with E-state index in [2.05, 4.69) is 15.1 Å². The average molecular weight is 613 g/mol. The predicted molar refractivity (Wildman–Crippen MR) is 175 cm³/mol. The maximum Gasteiger partial charge on any atom is 0.411 e. The fourth-order valence-electron chi connectivity index (χ4n) is 6.12. The second-order valence-electron chi connectivity index (χ2n) is 12.0. The van der Waals surface area contributed by atoms with Crippen LogP contribution < -0.4 is 5.32 Å². The number of esters is 1. The molecule has 0 radical (unpaired) electrons. The lowest BCUT2D eigenvalue weighted by Crippen LogP contribution is -2.42. The fraction of sp³-hybridized carbons (Fsp3) is 0.417. The van der Waals surface area contributed by atoms with E-state index in [-0.39, 0.29) is 23.9 Å². The predicted octanol–water partition coefficient (Wildman–Crippen LogP) is 5.52. The number of nitrogens with zero attached hydrogens (tertiary/aromatic N) is 3. The van der Waals surface area contributed by atoms with E-state index in [1.54, 1.807) is 4.90 Å². The van der Waals surface area contributed by atoms with E-state index < -0.39 is 6.09 Å². The molecule has 1 N–H and O–H groups in total. The molecule has 2 fully saturated rings. The van der Waals surface area contributed by atoms with Crippen LogP contribution in [0.3, 0.4) is 0 Å². The zero-order valence-electron chi connectivity index (χ0n) is 26.3. The number of nitrogens with one attached hydrogen (secondary N) is 1. The smallest absolute Gasteiger partial charge is 0.411 e. The number of anilines is 1. The molecule has 0 spiro atoms. The Balaban J connectivity index is 1.01. The first-order valence-corrected chi connectivity index (χ1v) is 15.9. The number of ether oxygens (including phenoxy) is 2. The highest BCUT2D eigenvalue weighted by Crippen LogP contribution is 2.28. The summed E-state index contributed by atoms with van der Waals surface area (Å²) in [5, 5.41) is 2.93. The lowest BCUT2D eigenvalue weighted by atomic mass is 9.96. The van der Waals surface area contributed by atoms with Crippen LogP contribution in [0.25, 0.3) is 11.1 Å². The molecule has 3 aromatic rings. The van der Waals surface area contributed by atoms with Gasteiger partial charge in [0.15, 0.2) is 0 Å². The molecule has 0 aliphatic carbocycles. The minimum absolute atomic E-state index is 0.00195. The van der Waals surface area contributed by atoms with Gasteiger partial charge in [-0.05, 0) is 68.1 Å². The van der Waals surface area contributed by atoms with Crippen LogP contribution in [0.2, 0.25) is 0 Å². The second-order valence-corrected chi connectivity index (χ2v) is 12.0. The van der Waals surface area contributed by atoms with Crippen molar-refractivity contribution in [1.29, 1.82) is 0 Å². The number of amides is 2. The largest absolute Gasteiger partial charge is 0.469 e. The van der Waals surface area contributed by atoms with Crippen molar-refractivity contribution in [3.8, 4) is 11.1 Å². The summed E-state index contributed by atoms with van der Waals surface area (Å²) in [5.41, 5.74) is 4.55. The quantitative estimate of drug-likeness (QED) is 0.302. The van der Waals surface area contributed by atoms with E-state index in [4.69, 9.17) is 9.47 Å². The second kappa shape index (κ2) is 15.7. The average Bonchev–Trinajstić information content (AvgIpc) is 3.08. The van der Waals surface area contributed by atoms with Gasteiger partial charge in [0.1, 0.15) is 6.10 Å². The minimum atomic E-state index is -0.434. The van der Waals surface area contributed by atoms with Crippen molar-refractivity contribution >= 4 is 23.7 Å². The Morgan fingerprint density at radius 1 is 0.822 bits per heavy atom. The number of hydrogen-bond donors (Lipinski definition) is 1. The molecule has 9 nitrogen and oxygen atoms in total.